The fraction of sp³-hybridized carbons (Fsp3) is 0.278. The van der Waals surface area contributed by atoms with Crippen LogP contribution in [0.15, 0.2) is 60.7 Å². The van der Waals surface area contributed by atoms with Gasteiger partial charge in [-0.25, -0.2) is 0 Å². The van der Waals surface area contributed by atoms with Gasteiger partial charge in [-0.1, -0.05) is 60.7 Å². The van der Waals surface area contributed by atoms with E-state index in [2.05, 4.69) is 0 Å². The van der Waals surface area contributed by atoms with E-state index in [-0.39, 0.29) is 18.1 Å². The number of nitrogens with zero attached hydrogens (tertiary/aromatic N) is 1. The minimum absolute atomic E-state index is 0.0209. The molecular weight excluding hydrogens is 262 g/mol. The monoisotopic (exact) mass is 281 g/mol. The van der Waals surface area contributed by atoms with Gasteiger partial charge in [0.1, 0.15) is 0 Å². The van der Waals surface area contributed by atoms with Crippen molar-refractivity contribution in [2.24, 2.45) is 0 Å². The number of rotatable bonds is 2. The number of amides is 1. The molecule has 1 heterocycles. The molecular formula is C18H19NO2. The molecule has 1 aliphatic rings. The molecule has 1 saturated heterocycles. The molecule has 2 aromatic rings. The van der Waals surface area contributed by atoms with Gasteiger partial charge in [0.05, 0.1) is 25.2 Å². The fourth-order valence-corrected chi connectivity index (χ4v) is 2.73. The third-order valence-corrected chi connectivity index (χ3v) is 4.03. The third kappa shape index (κ3) is 2.98. The van der Waals surface area contributed by atoms with Crippen LogP contribution in [0.5, 0.6) is 0 Å². The fourth-order valence-electron chi connectivity index (χ4n) is 2.73. The highest BCUT2D eigenvalue weighted by atomic mass is 16.5. The lowest BCUT2D eigenvalue weighted by atomic mass is 10.1. The standard InChI is InChI=1S/C18H19NO2/c1-19-16(14-8-4-2-5-9-14)13-21-17(12-18(19)20)15-10-6-3-7-11-15/h2-11,16-17H,12-13H2,1H3/t16-,17-/m0/s1. The molecule has 0 unspecified atom stereocenters. The van der Waals surface area contributed by atoms with Gasteiger partial charge in [-0.3, -0.25) is 4.79 Å². The first kappa shape index (κ1) is 13.8. The number of carbonyl (C=O) groups excluding carboxylic acids is 1. The Morgan fingerprint density at radius 2 is 1.52 bits per heavy atom. The molecule has 0 radical (unpaired) electrons. The lowest BCUT2D eigenvalue weighted by Crippen LogP contribution is -2.31. The van der Waals surface area contributed by atoms with Gasteiger partial charge in [-0.2, -0.15) is 0 Å². The maximum absolute atomic E-state index is 12.4. The predicted molar refractivity (Wildman–Crippen MR) is 81.7 cm³/mol. The van der Waals surface area contributed by atoms with Gasteiger partial charge in [0.25, 0.3) is 0 Å². The summed E-state index contributed by atoms with van der Waals surface area (Å²) in [6, 6.07) is 20.0. The van der Waals surface area contributed by atoms with E-state index in [0.717, 1.165) is 11.1 Å². The Balaban J connectivity index is 1.84. The van der Waals surface area contributed by atoms with Crippen LogP contribution < -0.4 is 0 Å². The van der Waals surface area contributed by atoms with Crippen LogP contribution in [-0.2, 0) is 9.53 Å². The van der Waals surface area contributed by atoms with Crippen molar-refractivity contribution in [1.29, 1.82) is 0 Å². The van der Waals surface area contributed by atoms with E-state index >= 15 is 0 Å². The first-order chi connectivity index (χ1) is 10.3. The number of hydrogen-bond donors (Lipinski definition) is 0. The Morgan fingerprint density at radius 3 is 2.14 bits per heavy atom. The van der Waals surface area contributed by atoms with Crippen molar-refractivity contribution in [3.63, 3.8) is 0 Å². The van der Waals surface area contributed by atoms with E-state index in [1.54, 1.807) is 4.90 Å². The minimum Gasteiger partial charge on any atom is -0.370 e. The minimum atomic E-state index is -0.158. The topological polar surface area (TPSA) is 29.5 Å². The zero-order valence-corrected chi connectivity index (χ0v) is 12.1. The number of benzene rings is 2. The van der Waals surface area contributed by atoms with Gasteiger partial charge in [-0.15, -0.1) is 0 Å². The summed E-state index contributed by atoms with van der Waals surface area (Å²) in [6.45, 7) is 0.520. The van der Waals surface area contributed by atoms with E-state index in [1.165, 1.54) is 0 Å². The Hall–Kier alpha value is -2.13. The Labute approximate surface area is 125 Å². The highest BCUT2D eigenvalue weighted by molar-refractivity contribution is 5.77. The second-order valence-electron chi connectivity index (χ2n) is 5.37. The summed E-state index contributed by atoms with van der Waals surface area (Å²) in [5, 5.41) is 0. The molecule has 21 heavy (non-hydrogen) atoms. The average molecular weight is 281 g/mol. The molecule has 3 rings (SSSR count). The molecule has 1 fully saturated rings. The van der Waals surface area contributed by atoms with Crippen molar-refractivity contribution in [2.75, 3.05) is 13.7 Å². The van der Waals surface area contributed by atoms with Crippen molar-refractivity contribution in [2.45, 2.75) is 18.6 Å². The summed E-state index contributed by atoms with van der Waals surface area (Å²) in [7, 11) is 1.86. The lowest BCUT2D eigenvalue weighted by molar-refractivity contribution is -0.131. The Kier molecular flexibility index (Phi) is 4.02. The molecule has 0 saturated carbocycles. The normalized spacial score (nSPS) is 22.9. The molecule has 0 aromatic heterocycles. The quantitative estimate of drug-likeness (QED) is 0.845. The number of ether oxygens (including phenoxy) is 1. The summed E-state index contributed by atoms with van der Waals surface area (Å²) < 4.78 is 6.03. The molecule has 2 atom stereocenters. The largest absolute Gasteiger partial charge is 0.370 e. The van der Waals surface area contributed by atoms with E-state index in [9.17, 15) is 4.79 Å². The number of likely N-dealkylation sites (N-methyl/N-ethyl adjacent to an activating group) is 1. The van der Waals surface area contributed by atoms with Crippen LogP contribution in [0.25, 0.3) is 0 Å². The molecule has 3 nitrogen and oxygen atoms in total. The predicted octanol–water partition coefficient (Wildman–Crippen LogP) is 3.35. The molecule has 1 aliphatic heterocycles. The van der Waals surface area contributed by atoms with Crippen LogP contribution in [-0.4, -0.2) is 24.5 Å². The van der Waals surface area contributed by atoms with Gasteiger partial charge >= 0.3 is 0 Å². The second kappa shape index (κ2) is 6.10. The van der Waals surface area contributed by atoms with Crippen molar-refractivity contribution in [3.05, 3.63) is 71.8 Å². The van der Waals surface area contributed by atoms with Gasteiger partial charge in [0.15, 0.2) is 0 Å². The lowest BCUT2D eigenvalue weighted by Gasteiger charge is -2.25. The highest BCUT2D eigenvalue weighted by Gasteiger charge is 2.30. The van der Waals surface area contributed by atoms with Crippen LogP contribution >= 0.6 is 0 Å². The molecule has 2 aromatic carbocycles. The first-order valence-corrected chi connectivity index (χ1v) is 7.23. The van der Waals surface area contributed by atoms with E-state index < -0.39 is 0 Å². The van der Waals surface area contributed by atoms with Gasteiger partial charge in [0, 0.05) is 7.05 Å². The maximum Gasteiger partial charge on any atom is 0.225 e. The van der Waals surface area contributed by atoms with Crippen LogP contribution in [0.2, 0.25) is 0 Å². The number of hydrogen-bond acceptors (Lipinski definition) is 2. The van der Waals surface area contributed by atoms with E-state index in [1.807, 2.05) is 67.7 Å². The van der Waals surface area contributed by atoms with Crippen LogP contribution in [0.4, 0.5) is 0 Å². The van der Waals surface area contributed by atoms with Crippen LogP contribution in [0.1, 0.15) is 29.7 Å². The summed E-state index contributed by atoms with van der Waals surface area (Å²) in [5.74, 6) is 0.121. The molecule has 0 spiro atoms. The molecule has 1 amide bonds. The molecule has 0 aliphatic carbocycles. The second-order valence-corrected chi connectivity index (χ2v) is 5.37. The van der Waals surface area contributed by atoms with Crippen molar-refractivity contribution < 1.29 is 9.53 Å². The molecule has 0 N–H and O–H groups in total. The summed E-state index contributed by atoms with van der Waals surface area (Å²) in [6.07, 6.45) is 0.235. The highest BCUT2D eigenvalue weighted by Crippen LogP contribution is 2.31. The number of carbonyl (C=O) groups is 1. The van der Waals surface area contributed by atoms with Crippen molar-refractivity contribution in [1.82, 2.24) is 4.90 Å². The van der Waals surface area contributed by atoms with Crippen molar-refractivity contribution in [3.8, 4) is 0 Å². The third-order valence-electron chi connectivity index (χ3n) is 4.03. The molecule has 108 valence electrons. The average Bonchev–Trinajstić information content (AvgIpc) is 2.69. The zero-order valence-electron chi connectivity index (χ0n) is 12.1. The van der Waals surface area contributed by atoms with Crippen molar-refractivity contribution >= 4 is 5.91 Å². The SMILES string of the molecule is CN1C(=O)C[C@@H](c2ccccc2)OC[C@H]1c1ccccc1. The van der Waals surface area contributed by atoms with Crippen LogP contribution in [0.3, 0.4) is 0 Å². The Bertz CT molecular complexity index is 597. The van der Waals surface area contributed by atoms with E-state index in [4.69, 9.17) is 4.74 Å². The zero-order chi connectivity index (χ0) is 14.7. The Morgan fingerprint density at radius 1 is 0.952 bits per heavy atom. The summed E-state index contributed by atoms with van der Waals surface area (Å²) in [5.41, 5.74) is 2.18. The smallest absolute Gasteiger partial charge is 0.225 e. The van der Waals surface area contributed by atoms with Gasteiger partial charge in [-0.05, 0) is 11.1 Å². The molecule has 0 bridgehead atoms. The van der Waals surface area contributed by atoms with Crippen LogP contribution in [0, 0.1) is 0 Å². The summed E-state index contributed by atoms with van der Waals surface area (Å²) >= 11 is 0. The first-order valence-electron chi connectivity index (χ1n) is 7.23. The van der Waals surface area contributed by atoms with E-state index in [0.29, 0.717) is 13.0 Å². The molecule has 3 heteroatoms. The van der Waals surface area contributed by atoms with Gasteiger partial charge < -0.3 is 9.64 Å². The summed E-state index contributed by atoms with van der Waals surface area (Å²) in [4.78, 5) is 14.2. The maximum atomic E-state index is 12.4. The van der Waals surface area contributed by atoms with Gasteiger partial charge in [0.2, 0.25) is 5.91 Å².